The van der Waals surface area contributed by atoms with Gasteiger partial charge in [0.05, 0.1) is 0 Å². The van der Waals surface area contributed by atoms with Crippen molar-refractivity contribution in [1.29, 1.82) is 5.26 Å². The highest BCUT2D eigenvalue weighted by molar-refractivity contribution is 6.00. The number of benzene rings is 2. The van der Waals surface area contributed by atoms with Crippen LogP contribution in [0.25, 0.3) is 10.8 Å². The van der Waals surface area contributed by atoms with Crippen LogP contribution < -0.4 is 10.6 Å². The van der Waals surface area contributed by atoms with E-state index >= 15 is 0 Å². The fourth-order valence-electron chi connectivity index (χ4n) is 2.25. The summed E-state index contributed by atoms with van der Waals surface area (Å²) in [7, 11) is 0. The Balaban J connectivity index is 2.09. The number of aromatic hydroxyl groups is 1. The van der Waals surface area contributed by atoms with Gasteiger partial charge < -0.3 is 20.8 Å². The van der Waals surface area contributed by atoms with Crippen LogP contribution >= 0.6 is 0 Å². The molecule has 0 atom stereocenters. The van der Waals surface area contributed by atoms with Crippen molar-refractivity contribution in [3.63, 3.8) is 0 Å². The fraction of sp³-hybridized carbons (Fsp3) is 0.167. The Hall–Kier alpha value is -3.53. The standard InChI is InChI=1S/C18H17N3O4/c19-10-12(18(25)20-9-3-8-17(23)24)11-21-15-6-1-5-14-13(15)4-2-7-16(14)22/h1-2,4-7,11,21-22H,3,8-9H2,(H,20,25)(H,23,24)/b12-11-. The number of anilines is 1. The molecule has 0 aliphatic heterocycles. The first-order valence-electron chi connectivity index (χ1n) is 7.60. The van der Waals surface area contributed by atoms with Gasteiger partial charge >= 0.3 is 5.97 Å². The van der Waals surface area contributed by atoms with Crippen molar-refractivity contribution in [2.75, 3.05) is 11.9 Å². The normalized spacial score (nSPS) is 10.9. The van der Waals surface area contributed by atoms with E-state index in [1.54, 1.807) is 36.4 Å². The summed E-state index contributed by atoms with van der Waals surface area (Å²) in [5.74, 6) is -1.38. The molecule has 2 aromatic carbocycles. The van der Waals surface area contributed by atoms with E-state index in [0.29, 0.717) is 11.1 Å². The molecule has 7 heteroatoms. The van der Waals surface area contributed by atoms with Gasteiger partial charge in [-0.25, -0.2) is 0 Å². The molecule has 2 rings (SSSR count). The fourth-order valence-corrected chi connectivity index (χ4v) is 2.25. The van der Waals surface area contributed by atoms with Crippen LogP contribution in [0.1, 0.15) is 12.8 Å². The van der Waals surface area contributed by atoms with Gasteiger partial charge in [0, 0.05) is 35.6 Å². The third-order valence-electron chi connectivity index (χ3n) is 3.49. The topological polar surface area (TPSA) is 122 Å². The number of carbonyl (C=O) groups is 2. The lowest BCUT2D eigenvalue weighted by molar-refractivity contribution is -0.137. The number of carboxylic acid groups (broad SMARTS) is 1. The molecule has 0 aliphatic carbocycles. The van der Waals surface area contributed by atoms with Gasteiger partial charge in [-0.1, -0.05) is 24.3 Å². The molecule has 128 valence electrons. The second kappa shape index (κ2) is 8.36. The van der Waals surface area contributed by atoms with Gasteiger partial charge in [-0.2, -0.15) is 5.26 Å². The van der Waals surface area contributed by atoms with E-state index in [2.05, 4.69) is 10.6 Å². The van der Waals surface area contributed by atoms with Crippen LogP contribution in [0.15, 0.2) is 48.2 Å². The second-order valence-electron chi connectivity index (χ2n) is 5.25. The van der Waals surface area contributed by atoms with Crippen LogP contribution in [-0.4, -0.2) is 28.6 Å². The molecule has 0 saturated heterocycles. The minimum atomic E-state index is -0.939. The van der Waals surface area contributed by atoms with E-state index in [0.717, 1.165) is 5.39 Å². The molecule has 2 aromatic rings. The number of hydrogen-bond donors (Lipinski definition) is 4. The number of nitrogens with zero attached hydrogens (tertiary/aromatic N) is 1. The first kappa shape index (κ1) is 17.8. The van der Waals surface area contributed by atoms with Gasteiger partial charge in [0.2, 0.25) is 0 Å². The number of aliphatic carboxylic acids is 1. The highest BCUT2D eigenvalue weighted by atomic mass is 16.4. The summed E-state index contributed by atoms with van der Waals surface area (Å²) in [6.07, 6.45) is 1.52. The van der Waals surface area contributed by atoms with E-state index in [4.69, 9.17) is 10.4 Å². The van der Waals surface area contributed by atoms with Crippen molar-refractivity contribution < 1.29 is 19.8 Å². The number of carboxylic acids is 1. The van der Waals surface area contributed by atoms with Crippen LogP contribution in [0.4, 0.5) is 5.69 Å². The Morgan fingerprint density at radius 1 is 1.16 bits per heavy atom. The number of rotatable bonds is 7. The van der Waals surface area contributed by atoms with Gasteiger partial charge in [-0.15, -0.1) is 0 Å². The van der Waals surface area contributed by atoms with Gasteiger partial charge in [0.1, 0.15) is 17.4 Å². The lowest BCUT2D eigenvalue weighted by Crippen LogP contribution is -2.26. The van der Waals surface area contributed by atoms with Crippen LogP contribution in [0.2, 0.25) is 0 Å². The molecule has 0 radical (unpaired) electrons. The molecule has 0 spiro atoms. The van der Waals surface area contributed by atoms with Crippen LogP contribution in [0.5, 0.6) is 5.75 Å². The molecule has 25 heavy (non-hydrogen) atoms. The number of nitrogens with one attached hydrogen (secondary N) is 2. The minimum absolute atomic E-state index is 0.0520. The number of phenolic OH excluding ortho intramolecular Hbond substituents is 1. The Labute approximate surface area is 144 Å². The van der Waals surface area contributed by atoms with Crippen LogP contribution in [0.3, 0.4) is 0 Å². The molecule has 0 heterocycles. The number of carbonyl (C=O) groups excluding carboxylic acids is 1. The van der Waals surface area contributed by atoms with E-state index in [1.165, 1.54) is 6.20 Å². The zero-order chi connectivity index (χ0) is 18.2. The molecule has 0 aromatic heterocycles. The van der Waals surface area contributed by atoms with Gasteiger partial charge in [-0.3, -0.25) is 9.59 Å². The van der Waals surface area contributed by atoms with E-state index < -0.39 is 11.9 Å². The summed E-state index contributed by atoms with van der Waals surface area (Å²) in [6, 6.07) is 12.2. The average Bonchev–Trinajstić information content (AvgIpc) is 2.59. The Morgan fingerprint density at radius 2 is 1.88 bits per heavy atom. The molecule has 7 nitrogen and oxygen atoms in total. The van der Waals surface area contributed by atoms with E-state index in [-0.39, 0.29) is 30.7 Å². The second-order valence-corrected chi connectivity index (χ2v) is 5.25. The van der Waals surface area contributed by atoms with Crippen molar-refractivity contribution in [2.24, 2.45) is 0 Å². The predicted octanol–water partition coefficient (Wildman–Crippen LogP) is 2.35. The maximum absolute atomic E-state index is 11.9. The summed E-state index contributed by atoms with van der Waals surface area (Å²) in [5, 5.41) is 34.3. The third-order valence-corrected chi connectivity index (χ3v) is 3.49. The summed E-state index contributed by atoms with van der Waals surface area (Å²) in [5.41, 5.74) is 0.507. The largest absolute Gasteiger partial charge is 0.507 e. The van der Waals surface area contributed by atoms with Crippen molar-refractivity contribution >= 4 is 28.3 Å². The molecular weight excluding hydrogens is 322 g/mol. The number of fused-ring (bicyclic) bond motifs is 1. The quantitative estimate of drug-likeness (QED) is 0.349. The summed E-state index contributed by atoms with van der Waals surface area (Å²) >= 11 is 0. The lowest BCUT2D eigenvalue weighted by atomic mass is 10.1. The lowest BCUT2D eigenvalue weighted by Gasteiger charge is -2.08. The van der Waals surface area contributed by atoms with Crippen molar-refractivity contribution in [2.45, 2.75) is 12.8 Å². The number of hydrogen-bond acceptors (Lipinski definition) is 5. The van der Waals surface area contributed by atoms with E-state index in [1.807, 2.05) is 6.07 Å². The Bertz CT molecular complexity index is 868. The summed E-state index contributed by atoms with van der Waals surface area (Å²) in [6.45, 7) is 0.173. The SMILES string of the molecule is N#C/C(=C/Nc1cccc2c(O)cccc12)C(=O)NCCCC(=O)O. The van der Waals surface area contributed by atoms with Crippen molar-refractivity contribution in [3.8, 4) is 11.8 Å². The van der Waals surface area contributed by atoms with Crippen molar-refractivity contribution in [3.05, 3.63) is 48.2 Å². The smallest absolute Gasteiger partial charge is 0.303 e. The molecule has 0 saturated carbocycles. The molecule has 0 aliphatic rings. The first-order chi connectivity index (χ1) is 12.0. The Kier molecular flexibility index (Phi) is 5.96. The summed E-state index contributed by atoms with van der Waals surface area (Å²) in [4.78, 5) is 22.3. The zero-order valence-electron chi connectivity index (χ0n) is 13.3. The molecule has 0 fully saturated rings. The first-order valence-corrected chi connectivity index (χ1v) is 7.60. The number of phenols is 1. The third kappa shape index (κ3) is 4.72. The van der Waals surface area contributed by atoms with Crippen molar-refractivity contribution in [1.82, 2.24) is 5.32 Å². The molecule has 0 unspecified atom stereocenters. The minimum Gasteiger partial charge on any atom is -0.507 e. The average molecular weight is 339 g/mol. The number of nitriles is 1. The van der Waals surface area contributed by atoms with E-state index in [9.17, 15) is 14.7 Å². The zero-order valence-corrected chi connectivity index (χ0v) is 13.3. The highest BCUT2D eigenvalue weighted by Crippen LogP contribution is 2.29. The molecule has 1 amide bonds. The monoisotopic (exact) mass is 339 g/mol. The Morgan fingerprint density at radius 3 is 2.60 bits per heavy atom. The predicted molar refractivity (Wildman–Crippen MR) is 92.8 cm³/mol. The van der Waals surface area contributed by atoms with Crippen LogP contribution in [0, 0.1) is 11.3 Å². The van der Waals surface area contributed by atoms with Crippen LogP contribution in [-0.2, 0) is 9.59 Å². The maximum Gasteiger partial charge on any atom is 0.303 e. The highest BCUT2D eigenvalue weighted by Gasteiger charge is 2.09. The maximum atomic E-state index is 11.9. The summed E-state index contributed by atoms with van der Waals surface area (Å²) < 4.78 is 0. The van der Waals surface area contributed by atoms with Gasteiger partial charge in [0.25, 0.3) is 5.91 Å². The molecular formula is C18H17N3O4. The molecule has 4 N–H and O–H groups in total. The van der Waals surface area contributed by atoms with Gasteiger partial charge in [0.15, 0.2) is 0 Å². The van der Waals surface area contributed by atoms with Gasteiger partial charge in [-0.05, 0) is 18.6 Å². The number of amides is 1. The molecule has 0 bridgehead atoms.